The minimum atomic E-state index is 0.526. The van der Waals surface area contributed by atoms with Gasteiger partial charge in [-0.1, -0.05) is 6.92 Å². The molecule has 18 heavy (non-hydrogen) atoms. The normalized spacial score (nSPS) is 10.6. The van der Waals surface area contributed by atoms with E-state index in [-0.39, 0.29) is 0 Å². The Morgan fingerprint density at radius 1 is 1.33 bits per heavy atom. The molecule has 0 fully saturated rings. The fourth-order valence-electron chi connectivity index (χ4n) is 1.57. The zero-order valence-corrected chi connectivity index (χ0v) is 11.6. The van der Waals surface area contributed by atoms with Crippen LogP contribution in [0.4, 0.5) is 11.6 Å². The maximum atomic E-state index is 5.81. The number of nitrogens with two attached hydrogens (primary N) is 1. The highest BCUT2D eigenvalue weighted by Gasteiger charge is 2.07. The van der Waals surface area contributed by atoms with Crippen LogP contribution in [0.25, 0.3) is 0 Å². The fraction of sp³-hybridized carbons (Fsp3) is 0.417. The van der Waals surface area contributed by atoms with E-state index in [9.17, 15) is 0 Å². The predicted octanol–water partition coefficient (Wildman–Crippen LogP) is 2.31. The van der Waals surface area contributed by atoms with Crippen LogP contribution >= 0.6 is 11.3 Å². The molecule has 0 aromatic carbocycles. The molecule has 2 heterocycles. The summed E-state index contributed by atoms with van der Waals surface area (Å²) < 4.78 is 0. The van der Waals surface area contributed by atoms with Crippen molar-refractivity contribution < 1.29 is 0 Å². The second kappa shape index (κ2) is 5.30. The van der Waals surface area contributed by atoms with Gasteiger partial charge < -0.3 is 11.1 Å². The molecule has 0 saturated heterocycles. The number of nitrogens with zero attached hydrogens (tertiary/aromatic N) is 3. The third-order valence-corrected chi connectivity index (χ3v) is 3.79. The number of nitrogens with one attached hydrogen (secondary N) is 1. The van der Waals surface area contributed by atoms with Crippen molar-refractivity contribution in [3.05, 3.63) is 27.5 Å². The summed E-state index contributed by atoms with van der Waals surface area (Å²) >= 11 is 1.72. The molecule has 2 aromatic rings. The fourth-order valence-corrected chi connectivity index (χ4v) is 2.38. The largest absolute Gasteiger partial charge is 0.383 e. The first-order valence-corrected chi connectivity index (χ1v) is 6.70. The number of anilines is 2. The second-order valence-corrected chi connectivity index (χ2v) is 5.26. The van der Waals surface area contributed by atoms with E-state index in [1.807, 2.05) is 20.0 Å². The molecule has 0 unspecified atom stereocenters. The maximum absolute atomic E-state index is 5.81. The lowest BCUT2D eigenvalue weighted by atomic mass is 10.3. The van der Waals surface area contributed by atoms with Gasteiger partial charge in [-0.2, -0.15) is 0 Å². The van der Waals surface area contributed by atoms with Gasteiger partial charge in [0.15, 0.2) is 0 Å². The molecule has 2 aromatic heterocycles. The number of hydrogen-bond donors (Lipinski definition) is 2. The average molecular weight is 263 g/mol. The zero-order chi connectivity index (χ0) is 13.1. The van der Waals surface area contributed by atoms with Crippen molar-refractivity contribution in [2.75, 3.05) is 11.1 Å². The van der Waals surface area contributed by atoms with Gasteiger partial charge in [0.05, 0.1) is 6.54 Å². The van der Waals surface area contributed by atoms with Crippen LogP contribution in [-0.2, 0) is 13.0 Å². The van der Waals surface area contributed by atoms with Gasteiger partial charge in [0.1, 0.15) is 22.5 Å². The number of nitrogen functional groups attached to an aromatic ring is 1. The predicted molar refractivity (Wildman–Crippen MR) is 74.7 cm³/mol. The molecule has 0 saturated carbocycles. The van der Waals surface area contributed by atoms with Crippen LogP contribution in [0.5, 0.6) is 0 Å². The Balaban J connectivity index is 2.10. The molecular weight excluding hydrogens is 246 g/mol. The number of aromatic nitrogens is 3. The Hall–Kier alpha value is -1.69. The Morgan fingerprint density at radius 2 is 2.11 bits per heavy atom. The Labute approximate surface area is 111 Å². The Bertz CT molecular complexity index is 549. The highest BCUT2D eigenvalue weighted by molar-refractivity contribution is 7.11. The van der Waals surface area contributed by atoms with Crippen LogP contribution in [0.2, 0.25) is 0 Å². The second-order valence-electron chi connectivity index (χ2n) is 4.06. The van der Waals surface area contributed by atoms with Crippen molar-refractivity contribution >= 4 is 23.0 Å². The van der Waals surface area contributed by atoms with Crippen LogP contribution in [0.3, 0.4) is 0 Å². The molecule has 0 amide bonds. The monoisotopic (exact) mass is 263 g/mol. The van der Waals surface area contributed by atoms with Gasteiger partial charge in [0.2, 0.25) is 0 Å². The molecule has 5 nitrogen and oxygen atoms in total. The number of hydrogen-bond acceptors (Lipinski definition) is 6. The zero-order valence-electron chi connectivity index (χ0n) is 10.8. The summed E-state index contributed by atoms with van der Waals surface area (Å²) in [4.78, 5) is 14.1. The minimum absolute atomic E-state index is 0.526. The van der Waals surface area contributed by atoms with Crippen molar-refractivity contribution in [1.29, 1.82) is 0 Å². The number of thiazole rings is 1. The van der Waals surface area contributed by atoms with E-state index in [1.54, 1.807) is 11.3 Å². The van der Waals surface area contributed by atoms with Gasteiger partial charge in [-0.05, 0) is 20.3 Å². The van der Waals surface area contributed by atoms with Crippen molar-refractivity contribution in [3.8, 4) is 0 Å². The van der Waals surface area contributed by atoms with Crippen LogP contribution in [0.15, 0.2) is 6.20 Å². The third-order valence-electron chi connectivity index (χ3n) is 2.65. The molecule has 2 rings (SSSR count). The van der Waals surface area contributed by atoms with Crippen molar-refractivity contribution in [1.82, 2.24) is 15.0 Å². The summed E-state index contributed by atoms with van der Waals surface area (Å²) in [5.74, 6) is 1.99. The molecule has 0 aliphatic carbocycles. The third kappa shape index (κ3) is 2.76. The lowest BCUT2D eigenvalue weighted by Crippen LogP contribution is -2.07. The van der Waals surface area contributed by atoms with E-state index in [0.717, 1.165) is 22.8 Å². The molecule has 0 radical (unpaired) electrons. The van der Waals surface area contributed by atoms with Gasteiger partial charge in [-0.25, -0.2) is 15.0 Å². The summed E-state index contributed by atoms with van der Waals surface area (Å²) in [6, 6.07) is 0. The number of rotatable bonds is 4. The summed E-state index contributed by atoms with van der Waals surface area (Å²) in [7, 11) is 0. The van der Waals surface area contributed by atoms with Crippen LogP contribution in [0.1, 0.15) is 28.2 Å². The smallest absolute Gasteiger partial charge is 0.135 e. The van der Waals surface area contributed by atoms with Gasteiger partial charge in [0, 0.05) is 16.6 Å². The lowest BCUT2D eigenvalue weighted by Gasteiger charge is -2.09. The molecule has 0 atom stereocenters. The molecule has 0 bridgehead atoms. The molecule has 0 aliphatic heterocycles. The first kappa shape index (κ1) is 12.8. The first-order chi connectivity index (χ1) is 8.60. The van der Waals surface area contributed by atoms with E-state index in [2.05, 4.69) is 27.2 Å². The molecule has 0 aliphatic rings. The van der Waals surface area contributed by atoms with Crippen molar-refractivity contribution in [2.45, 2.75) is 33.7 Å². The average Bonchev–Trinajstić information content (AvgIpc) is 2.80. The molecular formula is C12H17N5S. The van der Waals surface area contributed by atoms with Crippen LogP contribution in [-0.4, -0.2) is 15.0 Å². The number of aryl methyl sites for hydroxylation is 2. The molecule has 96 valence electrons. The first-order valence-electron chi connectivity index (χ1n) is 5.88. The van der Waals surface area contributed by atoms with Gasteiger partial charge in [-0.15, -0.1) is 11.3 Å². The molecule has 6 heteroatoms. The van der Waals surface area contributed by atoms with Crippen LogP contribution in [0, 0.1) is 13.8 Å². The minimum Gasteiger partial charge on any atom is -0.383 e. The highest BCUT2D eigenvalue weighted by Crippen LogP contribution is 2.19. The SMILES string of the molecule is CCc1cnc(CNc2nc(C)nc(N)c2C)s1. The van der Waals surface area contributed by atoms with E-state index < -0.39 is 0 Å². The van der Waals surface area contributed by atoms with Gasteiger partial charge in [-0.3, -0.25) is 0 Å². The Morgan fingerprint density at radius 3 is 2.78 bits per heavy atom. The summed E-state index contributed by atoms with van der Waals surface area (Å²) in [5.41, 5.74) is 6.69. The topological polar surface area (TPSA) is 76.7 Å². The van der Waals surface area contributed by atoms with Crippen molar-refractivity contribution in [2.24, 2.45) is 0 Å². The summed E-state index contributed by atoms with van der Waals surface area (Å²) in [6.45, 7) is 6.54. The highest BCUT2D eigenvalue weighted by atomic mass is 32.1. The molecule has 0 spiro atoms. The lowest BCUT2D eigenvalue weighted by molar-refractivity contribution is 1.00. The summed E-state index contributed by atoms with van der Waals surface area (Å²) in [6.07, 6.45) is 2.95. The van der Waals surface area contributed by atoms with Crippen LogP contribution < -0.4 is 11.1 Å². The quantitative estimate of drug-likeness (QED) is 0.885. The van der Waals surface area contributed by atoms with E-state index in [1.165, 1.54) is 4.88 Å². The maximum Gasteiger partial charge on any atom is 0.135 e. The van der Waals surface area contributed by atoms with E-state index in [4.69, 9.17) is 5.73 Å². The van der Waals surface area contributed by atoms with Gasteiger partial charge >= 0.3 is 0 Å². The van der Waals surface area contributed by atoms with E-state index >= 15 is 0 Å². The van der Waals surface area contributed by atoms with Crippen molar-refractivity contribution in [3.63, 3.8) is 0 Å². The standard InChI is InChI=1S/C12H17N5S/c1-4-9-5-14-10(18-9)6-15-12-7(2)11(13)16-8(3)17-12/h5H,4,6H2,1-3H3,(H3,13,15,16,17). The Kier molecular flexibility index (Phi) is 3.76. The van der Waals surface area contributed by atoms with E-state index in [0.29, 0.717) is 18.2 Å². The summed E-state index contributed by atoms with van der Waals surface area (Å²) in [5, 5.41) is 4.32. The molecule has 3 N–H and O–H groups in total. The van der Waals surface area contributed by atoms with Gasteiger partial charge in [0.25, 0.3) is 0 Å².